The van der Waals surface area contributed by atoms with Crippen molar-refractivity contribution >= 4 is 17.5 Å². The van der Waals surface area contributed by atoms with Crippen molar-refractivity contribution in [1.82, 2.24) is 9.55 Å². The number of nitrogens with one attached hydrogen (secondary N) is 1. The summed E-state index contributed by atoms with van der Waals surface area (Å²) in [5.74, 6) is -3.29. The first-order valence-corrected chi connectivity index (χ1v) is 10.4. The average Bonchev–Trinajstić information content (AvgIpc) is 2.82. The Kier molecular flexibility index (Phi) is 6.67. The van der Waals surface area contributed by atoms with E-state index in [0.717, 1.165) is 16.7 Å². The predicted octanol–water partition coefficient (Wildman–Crippen LogP) is 3.46. The number of halogens is 5. The Morgan fingerprint density at radius 2 is 1.89 bits per heavy atom. The molecule has 2 heterocycles. The minimum absolute atomic E-state index is 0.00372. The van der Waals surface area contributed by atoms with Gasteiger partial charge in [0.25, 0.3) is 5.56 Å². The lowest BCUT2D eigenvalue weighted by Crippen LogP contribution is -2.73. The van der Waals surface area contributed by atoms with E-state index in [1.807, 2.05) is 0 Å². The maximum absolute atomic E-state index is 13.6. The summed E-state index contributed by atoms with van der Waals surface area (Å²) in [7, 11) is 0. The molecule has 1 aliphatic heterocycles. The van der Waals surface area contributed by atoms with Crippen LogP contribution >= 0.6 is 11.6 Å². The van der Waals surface area contributed by atoms with Crippen LogP contribution in [0.4, 0.5) is 17.6 Å². The SMILES string of the molecule is N#Cc1cc(Cl)cc(Oc2c(C(F)(F)F)ncn(CC3=CC(c4ccc(F)cc4)C(=O)[NH+]=N3)c2=O)c1. The first kappa shape index (κ1) is 24.7. The molecule has 1 unspecified atom stereocenters. The zero-order valence-corrected chi connectivity index (χ0v) is 18.6. The Morgan fingerprint density at radius 1 is 1.17 bits per heavy atom. The van der Waals surface area contributed by atoms with Gasteiger partial charge in [-0.05, 0) is 47.1 Å². The third-order valence-electron chi connectivity index (χ3n) is 5.00. The molecular formula is C23H13ClF4N5O3+. The summed E-state index contributed by atoms with van der Waals surface area (Å²) in [4.78, 5) is 28.6. The minimum Gasteiger partial charge on any atom is -0.449 e. The Labute approximate surface area is 204 Å². The Balaban J connectivity index is 1.72. The number of carbonyl (C=O) groups excluding carboxylic acids is 1. The van der Waals surface area contributed by atoms with Crippen LogP contribution < -0.4 is 15.4 Å². The molecule has 3 aromatic rings. The van der Waals surface area contributed by atoms with Crippen molar-refractivity contribution in [2.24, 2.45) is 5.11 Å². The number of nitriles is 1. The van der Waals surface area contributed by atoms with Crippen molar-refractivity contribution in [2.45, 2.75) is 18.6 Å². The highest BCUT2D eigenvalue weighted by molar-refractivity contribution is 6.30. The fourth-order valence-electron chi connectivity index (χ4n) is 3.36. The van der Waals surface area contributed by atoms with Gasteiger partial charge in [-0.15, -0.1) is 0 Å². The van der Waals surface area contributed by atoms with Gasteiger partial charge in [0.1, 0.15) is 23.2 Å². The van der Waals surface area contributed by atoms with Crippen LogP contribution in [-0.2, 0) is 17.5 Å². The molecule has 36 heavy (non-hydrogen) atoms. The van der Waals surface area contributed by atoms with Gasteiger partial charge in [-0.3, -0.25) is 9.36 Å². The van der Waals surface area contributed by atoms with Crippen molar-refractivity contribution in [1.29, 1.82) is 5.26 Å². The molecule has 1 amide bonds. The molecule has 0 radical (unpaired) electrons. The van der Waals surface area contributed by atoms with E-state index in [1.54, 1.807) is 6.07 Å². The largest absolute Gasteiger partial charge is 0.449 e. The lowest BCUT2D eigenvalue weighted by molar-refractivity contribution is -0.449. The fourth-order valence-corrected chi connectivity index (χ4v) is 3.59. The molecule has 0 spiro atoms. The van der Waals surface area contributed by atoms with Crippen molar-refractivity contribution < 1.29 is 32.2 Å². The van der Waals surface area contributed by atoms with E-state index in [-0.39, 0.29) is 28.6 Å². The van der Waals surface area contributed by atoms with E-state index in [9.17, 15) is 27.2 Å². The van der Waals surface area contributed by atoms with E-state index < -0.39 is 40.8 Å². The second kappa shape index (κ2) is 9.71. The summed E-state index contributed by atoms with van der Waals surface area (Å²) in [5, 5.41) is 15.2. The van der Waals surface area contributed by atoms with Crippen molar-refractivity contribution in [2.75, 3.05) is 0 Å². The number of nitrogens with zero attached hydrogens (tertiary/aromatic N) is 4. The molecule has 4 rings (SSSR count). The second-order valence-corrected chi connectivity index (χ2v) is 7.95. The van der Waals surface area contributed by atoms with E-state index in [4.69, 9.17) is 21.6 Å². The first-order valence-electron chi connectivity index (χ1n) is 10.1. The lowest BCUT2D eigenvalue weighted by atomic mass is 9.96. The topological polar surface area (TPSA) is 111 Å². The summed E-state index contributed by atoms with van der Waals surface area (Å²) < 4.78 is 60.0. The molecule has 0 saturated heterocycles. The molecule has 1 aromatic heterocycles. The van der Waals surface area contributed by atoms with Gasteiger partial charge in [0.2, 0.25) is 5.75 Å². The number of aromatic nitrogens is 2. The third-order valence-corrected chi connectivity index (χ3v) is 5.22. The van der Waals surface area contributed by atoms with E-state index in [0.29, 0.717) is 11.9 Å². The van der Waals surface area contributed by atoms with Crippen molar-refractivity contribution in [3.05, 3.63) is 98.6 Å². The molecule has 0 fully saturated rings. The quantitative estimate of drug-likeness (QED) is 0.520. The van der Waals surface area contributed by atoms with Crippen LogP contribution in [0, 0.1) is 17.1 Å². The molecule has 1 N–H and O–H groups in total. The van der Waals surface area contributed by atoms with Crippen molar-refractivity contribution in [3.63, 3.8) is 0 Å². The molecule has 2 aromatic carbocycles. The zero-order valence-electron chi connectivity index (χ0n) is 17.9. The van der Waals surface area contributed by atoms with Crippen LogP contribution in [0.1, 0.15) is 22.7 Å². The summed E-state index contributed by atoms with van der Waals surface area (Å²) in [5.41, 5.74) is -2.19. The Bertz CT molecular complexity index is 1510. The Morgan fingerprint density at radius 3 is 2.56 bits per heavy atom. The number of hydrogen-bond donors (Lipinski definition) is 1. The van der Waals surface area contributed by atoms with Gasteiger partial charge >= 0.3 is 12.1 Å². The van der Waals surface area contributed by atoms with Gasteiger partial charge in [-0.2, -0.15) is 18.4 Å². The summed E-state index contributed by atoms with van der Waals surface area (Å²) >= 11 is 5.88. The van der Waals surface area contributed by atoms with Crippen LogP contribution in [0.3, 0.4) is 0 Å². The van der Waals surface area contributed by atoms with E-state index in [1.165, 1.54) is 36.4 Å². The molecule has 0 bridgehead atoms. The van der Waals surface area contributed by atoms with Gasteiger partial charge < -0.3 is 4.74 Å². The van der Waals surface area contributed by atoms with Gasteiger partial charge in [0, 0.05) is 5.02 Å². The maximum Gasteiger partial charge on any atom is 0.437 e. The van der Waals surface area contributed by atoms with Gasteiger partial charge in [0.15, 0.2) is 5.69 Å². The number of rotatable bonds is 5. The lowest BCUT2D eigenvalue weighted by Gasteiger charge is -2.15. The smallest absolute Gasteiger partial charge is 0.437 e. The van der Waals surface area contributed by atoms with Crippen LogP contribution in [0.15, 0.2) is 70.5 Å². The standard InChI is InChI=1S/C23H12ClF4N5O3/c24-14-5-12(9-29)6-17(7-14)36-19-20(23(26,27)28)30-11-33(22(19)35)10-16-8-18(21(34)32-31-16)13-1-3-15(25)4-2-13/h1-8,11,18H,10H2/p+1. The van der Waals surface area contributed by atoms with Crippen molar-refractivity contribution in [3.8, 4) is 17.6 Å². The number of alkyl halides is 3. The first-order chi connectivity index (χ1) is 17.0. The average molecular weight is 519 g/mol. The maximum atomic E-state index is 13.6. The number of benzene rings is 2. The minimum atomic E-state index is -5.03. The molecule has 0 aliphatic carbocycles. The number of azo groups is 1. The van der Waals surface area contributed by atoms with E-state index in [2.05, 4.69) is 15.2 Å². The molecular weight excluding hydrogens is 506 g/mol. The third kappa shape index (κ3) is 5.31. The highest BCUT2D eigenvalue weighted by Crippen LogP contribution is 2.35. The van der Waals surface area contributed by atoms with Crippen LogP contribution in [-0.4, -0.2) is 15.5 Å². The monoisotopic (exact) mass is 518 g/mol. The number of carbonyl (C=O) groups is 1. The molecule has 1 atom stereocenters. The number of hydrogen-bond acceptors (Lipinski definition) is 6. The summed E-state index contributed by atoms with van der Waals surface area (Å²) in [6.45, 7) is -0.364. The van der Waals surface area contributed by atoms with Crippen LogP contribution in [0.25, 0.3) is 0 Å². The van der Waals surface area contributed by atoms with Crippen LogP contribution in [0.5, 0.6) is 11.5 Å². The Hall–Kier alpha value is -4.37. The molecule has 1 aliphatic rings. The fraction of sp³-hybridized carbons (Fsp3) is 0.130. The molecule has 8 nitrogen and oxygen atoms in total. The normalized spacial score (nSPS) is 15.4. The van der Waals surface area contributed by atoms with Crippen LogP contribution in [0.2, 0.25) is 5.02 Å². The molecule has 0 saturated carbocycles. The van der Waals surface area contributed by atoms with Gasteiger partial charge in [0.05, 0.1) is 24.5 Å². The summed E-state index contributed by atoms with van der Waals surface area (Å²) in [6, 6.07) is 10.4. The second-order valence-electron chi connectivity index (χ2n) is 7.52. The number of ether oxygens (including phenoxy) is 1. The summed E-state index contributed by atoms with van der Waals surface area (Å²) in [6.07, 6.45) is -2.95. The molecule has 182 valence electrons. The zero-order chi connectivity index (χ0) is 26.0. The number of allylic oxidation sites excluding steroid dienone is 1. The van der Waals surface area contributed by atoms with Gasteiger partial charge in [-0.1, -0.05) is 28.8 Å². The highest BCUT2D eigenvalue weighted by Gasteiger charge is 2.39. The highest BCUT2D eigenvalue weighted by atomic mass is 35.5. The number of amides is 1. The predicted molar refractivity (Wildman–Crippen MR) is 115 cm³/mol. The molecule has 13 heteroatoms. The van der Waals surface area contributed by atoms with Gasteiger partial charge in [-0.25, -0.2) is 14.2 Å². The van der Waals surface area contributed by atoms with E-state index >= 15 is 0 Å².